The predicted molar refractivity (Wildman–Crippen MR) is 78.2 cm³/mol. The van der Waals surface area contributed by atoms with Crippen LogP contribution in [0.4, 0.5) is 10.1 Å². The van der Waals surface area contributed by atoms with E-state index in [1.165, 1.54) is 18.2 Å². The molecule has 0 unspecified atom stereocenters. The molecule has 21 heavy (non-hydrogen) atoms. The molecule has 0 aromatic heterocycles. The van der Waals surface area contributed by atoms with Crippen molar-refractivity contribution in [3.63, 3.8) is 0 Å². The molecule has 1 amide bonds. The van der Waals surface area contributed by atoms with Crippen molar-refractivity contribution in [2.75, 3.05) is 25.6 Å². The standard InChI is InChI=1S/C16H16FNO3/c1-20-9-10-21-15-8-3-2-7-14(15)16(19)18-13-6-4-5-12(17)11-13/h2-8,11H,9-10H2,1H3,(H,18,19). The van der Waals surface area contributed by atoms with Gasteiger partial charge < -0.3 is 14.8 Å². The summed E-state index contributed by atoms with van der Waals surface area (Å²) in [5.41, 5.74) is 0.782. The molecule has 0 radical (unpaired) electrons. The number of hydrogen-bond donors (Lipinski definition) is 1. The molecule has 2 aromatic rings. The van der Waals surface area contributed by atoms with Crippen molar-refractivity contribution in [2.45, 2.75) is 0 Å². The van der Waals surface area contributed by atoms with E-state index >= 15 is 0 Å². The van der Waals surface area contributed by atoms with E-state index in [-0.39, 0.29) is 5.91 Å². The lowest BCUT2D eigenvalue weighted by Gasteiger charge is -2.11. The Morgan fingerprint density at radius 3 is 2.71 bits per heavy atom. The highest BCUT2D eigenvalue weighted by molar-refractivity contribution is 6.06. The van der Waals surface area contributed by atoms with Gasteiger partial charge >= 0.3 is 0 Å². The summed E-state index contributed by atoms with van der Waals surface area (Å²) in [5.74, 6) is -0.297. The molecule has 0 bridgehead atoms. The van der Waals surface area contributed by atoms with E-state index in [9.17, 15) is 9.18 Å². The zero-order chi connectivity index (χ0) is 15.1. The van der Waals surface area contributed by atoms with E-state index in [2.05, 4.69) is 5.32 Å². The molecule has 0 aliphatic heterocycles. The third kappa shape index (κ3) is 4.29. The van der Waals surface area contributed by atoms with Gasteiger partial charge in [0.05, 0.1) is 12.2 Å². The molecule has 0 aliphatic carbocycles. The second-order valence-electron chi connectivity index (χ2n) is 4.30. The third-order valence-electron chi connectivity index (χ3n) is 2.76. The SMILES string of the molecule is COCCOc1ccccc1C(=O)Nc1cccc(F)c1. The van der Waals surface area contributed by atoms with Gasteiger partial charge in [0.2, 0.25) is 0 Å². The van der Waals surface area contributed by atoms with Gasteiger partial charge in [-0.15, -0.1) is 0 Å². The number of hydrogen-bond acceptors (Lipinski definition) is 3. The number of anilines is 1. The van der Waals surface area contributed by atoms with E-state index in [0.29, 0.717) is 30.2 Å². The fourth-order valence-electron chi connectivity index (χ4n) is 1.78. The van der Waals surface area contributed by atoms with E-state index in [0.717, 1.165) is 0 Å². The van der Waals surface area contributed by atoms with Gasteiger partial charge in [-0.1, -0.05) is 18.2 Å². The van der Waals surface area contributed by atoms with Crippen LogP contribution in [0.2, 0.25) is 0 Å². The molecule has 0 aliphatic rings. The molecule has 0 atom stereocenters. The van der Waals surface area contributed by atoms with Crippen LogP contribution in [0.15, 0.2) is 48.5 Å². The maximum Gasteiger partial charge on any atom is 0.259 e. The van der Waals surface area contributed by atoms with Gasteiger partial charge in [-0.3, -0.25) is 4.79 Å². The van der Waals surface area contributed by atoms with Gasteiger partial charge in [0.25, 0.3) is 5.91 Å². The highest BCUT2D eigenvalue weighted by Crippen LogP contribution is 2.20. The van der Waals surface area contributed by atoms with Crippen molar-refractivity contribution in [3.8, 4) is 5.75 Å². The number of methoxy groups -OCH3 is 1. The van der Waals surface area contributed by atoms with Gasteiger partial charge in [-0.05, 0) is 30.3 Å². The summed E-state index contributed by atoms with van der Waals surface area (Å²) in [6, 6.07) is 12.6. The Bertz CT molecular complexity index is 616. The van der Waals surface area contributed by atoms with Crippen LogP contribution < -0.4 is 10.1 Å². The fourth-order valence-corrected chi connectivity index (χ4v) is 1.78. The molecule has 0 fully saturated rings. The Labute approximate surface area is 122 Å². The molecule has 110 valence electrons. The van der Waals surface area contributed by atoms with Crippen LogP contribution in [0, 0.1) is 5.82 Å². The Kier molecular flexibility index (Phi) is 5.29. The smallest absolute Gasteiger partial charge is 0.259 e. The zero-order valence-corrected chi connectivity index (χ0v) is 11.6. The Morgan fingerprint density at radius 2 is 1.95 bits per heavy atom. The minimum absolute atomic E-state index is 0.348. The second kappa shape index (κ2) is 7.40. The lowest BCUT2D eigenvalue weighted by molar-refractivity contribution is 0.101. The summed E-state index contributed by atoms with van der Waals surface area (Å²) in [6.45, 7) is 0.778. The summed E-state index contributed by atoms with van der Waals surface area (Å²) in [4.78, 5) is 12.2. The van der Waals surface area contributed by atoms with E-state index in [1.54, 1.807) is 37.4 Å². The molecule has 5 heteroatoms. The average molecular weight is 289 g/mol. The van der Waals surface area contributed by atoms with Gasteiger partial charge in [0.15, 0.2) is 0 Å². The zero-order valence-electron chi connectivity index (χ0n) is 11.6. The molecule has 0 saturated carbocycles. The first-order valence-corrected chi connectivity index (χ1v) is 6.48. The van der Waals surface area contributed by atoms with Gasteiger partial charge in [-0.25, -0.2) is 4.39 Å². The fraction of sp³-hybridized carbons (Fsp3) is 0.188. The van der Waals surface area contributed by atoms with Crippen LogP contribution in [-0.4, -0.2) is 26.2 Å². The summed E-state index contributed by atoms with van der Waals surface area (Å²) >= 11 is 0. The van der Waals surface area contributed by atoms with Crippen LogP contribution in [0.1, 0.15) is 10.4 Å². The van der Waals surface area contributed by atoms with Crippen LogP contribution >= 0.6 is 0 Å². The van der Waals surface area contributed by atoms with Crippen molar-refractivity contribution in [2.24, 2.45) is 0 Å². The Morgan fingerprint density at radius 1 is 1.14 bits per heavy atom. The number of halogens is 1. The first-order chi connectivity index (χ1) is 10.2. The van der Waals surface area contributed by atoms with Crippen LogP contribution in [0.3, 0.4) is 0 Å². The molecular weight excluding hydrogens is 273 g/mol. The number of para-hydroxylation sites is 1. The first kappa shape index (κ1) is 15.0. The van der Waals surface area contributed by atoms with E-state index in [1.807, 2.05) is 0 Å². The molecule has 0 heterocycles. The average Bonchev–Trinajstić information content (AvgIpc) is 2.48. The third-order valence-corrected chi connectivity index (χ3v) is 2.76. The quantitative estimate of drug-likeness (QED) is 0.831. The molecule has 4 nitrogen and oxygen atoms in total. The lowest BCUT2D eigenvalue weighted by atomic mass is 10.2. The minimum atomic E-state index is -0.405. The van der Waals surface area contributed by atoms with Crippen molar-refractivity contribution < 1.29 is 18.7 Å². The topological polar surface area (TPSA) is 47.6 Å². The number of carbonyl (C=O) groups is 1. The van der Waals surface area contributed by atoms with Gasteiger partial charge in [0.1, 0.15) is 18.2 Å². The number of ether oxygens (including phenoxy) is 2. The number of rotatable bonds is 6. The number of amides is 1. The van der Waals surface area contributed by atoms with Crippen molar-refractivity contribution in [3.05, 3.63) is 59.9 Å². The summed E-state index contributed by atoms with van der Waals surface area (Å²) in [7, 11) is 1.58. The van der Waals surface area contributed by atoms with E-state index in [4.69, 9.17) is 9.47 Å². The molecule has 2 aromatic carbocycles. The predicted octanol–water partition coefficient (Wildman–Crippen LogP) is 3.10. The highest BCUT2D eigenvalue weighted by Gasteiger charge is 2.12. The normalized spacial score (nSPS) is 10.2. The monoisotopic (exact) mass is 289 g/mol. The minimum Gasteiger partial charge on any atom is -0.490 e. The van der Waals surface area contributed by atoms with E-state index < -0.39 is 5.82 Å². The first-order valence-electron chi connectivity index (χ1n) is 6.48. The van der Waals surface area contributed by atoms with Crippen LogP contribution in [0.25, 0.3) is 0 Å². The maximum atomic E-state index is 13.1. The van der Waals surface area contributed by atoms with Crippen molar-refractivity contribution in [1.29, 1.82) is 0 Å². The molecule has 0 saturated heterocycles. The summed E-state index contributed by atoms with van der Waals surface area (Å²) in [5, 5.41) is 2.64. The molecule has 2 rings (SSSR count). The number of benzene rings is 2. The Balaban J connectivity index is 2.11. The summed E-state index contributed by atoms with van der Waals surface area (Å²) in [6.07, 6.45) is 0. The number of nitrogens with one attached hydrogen (secondary N) is 1. The van der Waals surface area contributed by atoms with Crippen molar-refractivity contribution >= 4 is 11.6 Å². The summed E-state index contributed by atoms with van der Waals surface area (Å²) < 4.78 is 23.5. The maximum absolute atomic E-state index is 13.1. The molecule has 1 N–H and O–H groups in total. The molecule has 0 spiro atoms. The van der Waals surface area contributed by atoms with Crippen molar-refractivity contribution in [1.82, 2.24) is 0 Å². The second-order valence-corrected chi connectivity index (χ2v) is 4.30. The Hall–Kier alpha value is -2.40. The van der Waals surface area contributed by atoms with Gasteiger partial charge in [-0.2, -0.15) is 0 Å². The highest BCUT2D eigenvalue weighted by atomic mass is 19.1. The largest absolute Gasteiger partial charge is 0.490 e. The molecular formula is C16H16FNO3. The van der Waals surface area contributed by atoms with Crippen LogP contribution in [-0.2, 0) is 4.74 Å². The lowest BCUT2D eigenvalue weighted by Crippen LogP contribution is -2.14. The van der Waals surface area contributed by atoms with Gasteiger partial charge in [0, 0.05) is 12.8 Å². The number of carbonyl (C=O) groups excluding carboxylic acids is 1. The van der Waals surface area contributed by atoms with Crippen LogP contribution in [0.5, 0.6) is 5.75 Å².